The van der Waals surface area contributed by atoms with Crippen molar-refractivity contribution < 1.29 is 0 Å². The summed E-state index contributed by atoms with van der Waals surface area (Å²) >= 11 is 3.53. The first-order valence-corrected chi connectivity index (χ1v) is 6.86. The van der Waals surface area contributed by atoms with Gasteiger partial charge in [-0.2, -0.15) is 0 Å². The van der Waals surface area contributed by atoms with Gasteiger partial charge in [0, 0.05) is 29.3 Å². The maximum atomic E-state index is 3.82. The van der Waals surface area contributed by atoms with Gasteiger partial charge in [-0.3, -0.25) is 0 Å². The van der Waals surface area contributed by atoms with Gasteiger partial charge in [0.1, 0.15) is 0 Å². The Morgan fingerprint density at radius 3 is 2.44 bits per heavy atom. The number of benzene rings is 1. The van der Waals surface area contributed by atoms with Gasteiger partial charge in [-0.05, 0) is 37.7 Å². The van der Waals surface area contributed by atoms with Gasteiger partial charge in [-0.15, -0.1) is 13.2 Å². The molecule has 0 heterocycles. The highest BCUT2D eigenvalue weighted by Gasteiger charge is 2.13. The second-order valence-corrected chi connectivity index (χ2v) is 5.11. The fourth-order valence-electron chi connectivity index (χ4n) is 1.90. The van der Waals surface area contributed by atoms with Crippen LogP contribution in [0.2, 0.25) is 0 Å². The van der Waals surface area contributed by atoms with Crippen LogP contribution >= 0.6 is 15.9 Å². The number of halogens is 1. The van der Waals surface area contributed by atoms with E-state index in [0.29, 0.717) is 6.04 Å². The predicted octanol–water partition coefficient (Wildman–Crippen LogP) is 3.91. The molecule has 1 aromatic carbocycles. The minimum atomic E-state index is 0.301. The van der Waals surface area contributed by atoms with Crippen LogP contribution < -0.4 is 10.2 Å². The van der Waals surface area contributed by atoms with E-state index in [1.807, 2.05) is 19.2 Å². The summed E-state index contributed by atoms with van der Waals surface area (Å²) in [6.45, 7) is 11.4. The second kappa shape index (κ2) is 7.39. The van der Waals surface area contributed by atoms with Crippen LogP contribution in [0, 0.1) is 0 Å². The van der Waals surface area contributed by atoms with Gasteiger partial charge in [-0.25, -0.2) is 0 Å². The van der Waals surface area contributed by atoms with E-state index in [9.17, 15) is 0 Å². The second-order valence-electron chi connectivity index (χ2n) is 4.20. The van der Waals surface area contributed by atoms with Gasteiger partial charge in [0.05, 0.1) is 0 Å². The summed E-state index contributed by atoms with van der Waals surface area (Å²) in [5.74, 6) is 0. The Morgan fingerprint density at radius 2 is 1.94 bits per heavy atom. The van der Waals surface area contributed by atoms with Crippen LogP contribution in [0.5, 0.6) is 0 Å². The molecule has 0 saturated carbocycles. The van der Waals surface area contributed by atoms with Crippen LogP contribution in [0.25, 0.3) is 0 Å². The van der Waals surface area contributed by atoms with Gasteiger partial charge < -0.3 is 10.2 Å². The molecule has 98 valence electrons. The zero-order chi connectivity index (χ0) is 13.5. The summed E-state index contributed by atoms with van der Waals surface area (Å²) in [5, 5.41) is 3.29. The smallest absolute Gasteiger partial charge is 0.0421 e. The molecule has 0 aliphatic rings. The van der Waals surface area contributed by atoms with E-state index in [1.165, 1.54) is 11.3 Å². The average Bonchev–Trinajstić information content (AvgIpc) is 2.37. The normalized spacial score (nSPS) is 11.9. The van der Waals surface area contributed by atoms with Crippen LogP contribution in [0.4, 0.5) is 5.69 Å². The molecule has 0 spiro atoms. The third-order valence-electron chi connectivity index (χ3n) is 2.93. The van der Waals surface area contributed by atoms with Gasteiger partial charge in [0.15, 0.2) is 0 Å². The molecule has 0 aliphatic carbocycles. The minimum absolute atomic E-state index is 0.301. The van der Waals surface area contributed by atoms with Crippen molar-refractivity contribution in [3.8, 4) is 0 Å². The largest absolute Gasteiger partial charge is 0.364 e. The van der Waals surface area contributed by atoms with Gasteiger partial charge in [-0.1, -0.05) is 28.1 Å². The van der Waals surface area contributed by atoms with Crippen molar-refractivity contribution in [2.24, 2.45) is 0 Å². The van der Waals surface area contributed by atoms with Crippen molar-refractivity contribution in [3.63, 3.8) is 0 Å². The average molecular weight is 309 g/mol. The number of nitrogens with zero attached hydrogens (tertiary/aromatic N) is 1. The van der Waals surface area contributed by atoms with Crippen LogP contribution in [0.1, 0.15) is 18.5 Å². The lowest BCUT2D eigenvalue weighted by Crippen LogP contribution is -2.26. The van der Waals surface area contributed by atoms with E-state index in [4.69, 9.17) is 0 Å². The van der Waals surface area contributed by atoms with Gasteiger partial charge in [0.2, 0.25) is 0 Å². The first kappa shape index (κ1) is 15.0. The zero-order valence-corrected chi connectivity index (χ0v) is 12.7. The molecule has 1 N–H and O–H groups in total. The number of hydrogen-bond donors (Lipinski definition) is 1. The summed E-state index contributed by atoms with van der Waals surface area (Å²) in [5.41, 5.74) is 2.50. The molecular weight excluding hydrogens is 288 g/mol. The predicted molar refractivity (Wildman–Crippen MR) is 84.2 cm³/mol. The maximum absolute atomic E-state index is 3.82. The number of anilines is 1. The van der Waals surface area contributed by atoms with Crippen LogP contribution in [-0.2, 0) is 0 Å². The first-order valence-electron chi connectivity index (χ1n) is 6.07. The molecule has 1 rings (SSSR count). The monoisotopic (exact) mass is 308 g/mol. The van der Waals surface area contributed by atoms with E-state index >= 15 is 0 Å². The molecule has 3 heteroatoms. The molecule has 18 heavy (non-hydrogen) atoms. The van der Waals surface area contributed by atoms with E-state index in [2.05, 4.69) is 64.4 Å². The lowest BCUT2D eigenvalue weighted by Gasteiger charge is -2.27. The van der Waals surface area contributed by atoms with Crippen molar-refractivity contribution in [1.82, 2.24) is 5.32 Å². The summed E-state index contributed by atoms with van der Waals surface area (Å²) in [4.78, 5) is 2.26. The highest BCUT2D eigenvalue weighted by Crippen LogP contribution is 2.29. The molecular formula is C15H21BrN2. The highest BCUT2D eigenvalue weighted by molar-refractivity contribution is 9.10. The molecule has 0 amide bonds. The molecule has 0 aliphatic heterocycles. The summed E-state index contributed by atoms with van der Waals surface area (Å²) < 4.78 is 1.10. The number of nitrogens with one attached hydrogen (secondary N) is 1. The minimum Gasteiger partial charge on any atom is -0.364 e. The van der Waals surface area contributed by atoms with E-state index in [1.54, 1.807) is 0 Å². The standard InChI is InChI=1S/C15H21BrN2/c1-5-9-18(10-6-2)15-8-7-13(16)11-14(15)12(3)17-4/h5-8,11-12,17H,1-2,9-10H2,3-4H3. The number of rotatable bonds is 7. The van der Waals surface area contributed by atoms with Crippen molar-refractivity contribution in [1.29, 1.82) is 0 Å². The Hall–Kier alpha value is -1.06. The molecule has 0 saturated heterocycles. The Morgan fingerprint density at radius 1 is 1.33 bits per heavy atom. The highest BCUT2D eigenvalue weighted by atomic mass is 79.9. The first-order chi connectivity index (χ1) is 8.63. The molecule has 0 bridgehead atoms. The number of hydrogen-bond acceptors (Lipinski definition) is 2. The van der Waals surface area contributed by atoms with Crippen LogP contribution in [0.15, 0.2) is 48.0 Å². The fraction of sp³-hybridized carbons (Fsp3) is 0.333. The van der Waals surface area contributed by atoms with Crippen molar-refractivity contribution in [3.05, 3.63) is 53.5 Å². The van der Waals surface area contributed by atoms with E-state index in [0.717, 1.165) is 17.6 Å². The Labute approximate surface area is 119 Å². The van der Waals surface area contributed by atoms with Crippen LogP contribution in [0.3, 0.4) is 0 Å². The topological polar surface area (TPSA) is 15.3 Å². The maximum Gasteiger partial charge on any atom is 0.0421 e. The van der Waals surface area contributed by atoms with Gasteiger partial charge >= 0.3 is 0 Å². The zero-order valence-electron chi connectivity index (χ0n) is 11.1. The lowest BCUT2D eigenvalue weighted by molar-refractivity contribution is 0.649. The fourth-order valence-corrected chi connectivity index (χ4v) is 2.28. The van der Waals surface area contributed by atoms with E-state index in [-0.39, 0.29) is 0 Å². The Balaban J connectivity index is 3.18. The van der Waals surface area contributed by atoms with E-state index < -0.39 is 0 Å². The molecule has 1 aromatic rings. The summed E-state index contributed by atoms with van der Waals surface area (Å²) in [6.07, 6.45) is 3.83. The molecule has 0 fully saturated rings. The Bertz CT molecular complexity index is 405. The third-order valence-corrected chi connectivity index (χ3v) is 3.42. The van der Waals surface area contributed by atoms with Crippen molar-refractivity contribution >= 4 is 21.6 Å². The summed E-state index contributed by atoms with van der Waals surface area (Å²) in [6, 6.07) is 6.67. The SMILES string of the molecule is C=CCN(CC=C)c1ccc(Br)cc1C(C)NC. The van der Waals surface area contributed by atoms with Crippen molar-refractivity contribution in [2.45, 2.75) is 13.0 Å². The van der Waals surface area contributed by atoms with Crippen LogP contribution in [-0.4, -0.2) is 20.1 Å². The molecule has 0 aromatic heterocycles. The van der Waals surface area contributed by atoms with Gasteiger partial charge in [0.25, 0.3) is 0 Å². The molecule has 0 radical (unpaired) electrons. The molecule has 2 nitrogen and oxygen atoms in total. The molecule has 1 unspecified atom stereocenters. The quantitative estimate of drug-likeness (QED) is 0.768. The molecule has 1 atom stereocenters. The lowest BCUT2D eigenvalue weighted by atomic mass is 10.1. The van der Waals surface area contributed by atoms with Crippen molar-refractivity contribution in [2.75, 3.05) is 25.0 Å². The summed E-state index contributed by atoms with van der Waals surface area (Å²) in [7, 11) is 1.97. The third kappa shape index (κ3) is 3.72. The Kier molecular flexibility index (Phi) is 6.16.